The highest BCUT2D eigenvalue weighted by atomic mass is 35.5. The van der Waals surface area contributed by atoms with Crippen LogP contribution in [0, 0.1) is 11.7 Å². The van der Waals surface area contributed by atoms with Gasteiger partial charge in [-0.2, -0.15) is 0 Å². The zero-order chi connectivity index (χ0) is 14.7. The number of halogens is 2. The highest BCUT2D eigenvalue weighted by Crippen LogP contribution is 2.25. The molecule has 1 fully saturated rings. The number of piperidine rings is 1. The Labute approximate surface area is 121 Å². The minimum Gasteiger partial charge on any atom is -0.481 e. The molecular weight excluding hydrogens is 285 g/mol. The second-order valence-corrected chi connectivity index (χ2v) is 5.34. The number of hydrogen-bond acceptors (Lipinski definition) is 2. The molecule has 6 heteroatoms. The van der Waals surface area contributed by atoms with E-state index in [9.17, 15) is 14.0 Å². The van der Waals surface area contributed by atoms with E-state index in [-0.39, 0.29) is 22.9 Å². The summed E-state index contributed by atoms with van der Waals surface area (Å²) in [5.74, 6) is -1.81. The highest BCUT2D eigenvalue weighted by Gasteiger charge is 2.27. The minimum absolute atomic E-state index is 0.0765. The molecule has 108 valence electrons. The van der Waals surface area contributed by atoms with Crippen LogP contribution in [0.3, 0.4) is 0 Å². The van der Waals surface area contributed by atoms with Crippen LogP contribution < -0.4 is 0 Å². The molecule has 1 amide bonds. The molecule has 1 aromatic carbocycles. The van der Waals surface area contributed by atoms with Crippen LogP contribution >= 0.6 is 11.6 Å². The molecule has 1 aliphatic heterocycles. The average molecular weight is 300 g/mol. The monoisotopic (exact) mass is 299 g/mol. The predicted molar refractivity (Wildman–Crippen MR) is 72.3 cm³/mol. The van der Waals surface area contributed by atoms with Gasteiger partial charge in [0.15, 0.2) is 0 Å². The van der Waals surface area contributed by atoms with Gasteiger partial charge in [0.25, 0.3) is 5.91 Å². The summed E-state index contributed by atoms with van der Waals surface area (Å²) >= 11 is 5.88. The lowest BCUT2D eigenvalue weighted by molar-refractivity contribution is -0.138. The summed E-state index contributed by atoms with van der Waals surface area (Å²) in [5.41, 5.74) is -0.106. The number of aliphatic carboxylic acids is 1. The van der Waals surface area contributed by atoms with Gasteiger partial charge in [-0.1, -0.05) is 17.7 Å². The number of carboxylic acid groups (broad SMARTS) is 1. The van der Waals surface area contributed by atoms with E-state index in [0.29, 0.717) is 25.9 Å². The van der Waals surface area contributed by atoms with Gasteiger partial charge in [0, 0.05) is 19.5 Å². The van der Waals surface area contributed by atoms with Crippen molar-refractivity contribution in [1.29, 1.82) is 0 Å². The SMILES string of the molecule is O=C(O)CC1CCN(C(=O)c2c(F)cccc2Cl)CC1. The van der Waals surface area contributed by atoms with E-state index in [0.717, 1.165) is 0 Å². The Morgan fingerprint density at radius 2 is 2.00 bits per heavy atom. The van der Waals surface area contributed by atoms with E-state index in [1.54, 1.807) is 0 Å². The molecule has 4 nitrogen and oxygen atoms in total. The molecule has 1 aliphatic rings. The Hall–Kier alpha value is -1.62. The summed E-state index contributed by atoms with van der Waals surface area (Å²) in [6.45, 7) is 0.864. The second-order valence-electron chi connectivity index (χ2n) is 4.93. The third kappa shape index (κ3) is 3.28. The van der Waals surface area contributed by atoms with E-state index in [1.165, 1.54) is 23.1 Å². The molecule has 2 rings (SSSR count). The summed E-state index contributed by atoms with van der Waals surface area (Å²) in [6, 6.07) is 4.14. The van der Waals surface area contributed by atoms with E-state index < -0.39 is 17.7 Å². The molecule has 1 aromatic rings. The Balaban J connectivity index is 2.04. The van der Waals surface area contributed by atoms with Crippen molar-refractivity contribution in [3.05, 3.63) is 34.6 Å². The van der Waals surface area contributed by atoms with Crippen LogP contribution in [-0.4, -0.2) is 35.0 Å². The molecule has 20 heavy (non-hydrogen) atoms. The smallest absolute Gasteiger partial charge is 0.303 e. The van der Waals surface area contributed by atoms with Crippen molar-refractivity contribution in [3.8, 4) is 0 Å². The fraction of sp³-hybridized carbons (Fsp3) is 0.429. The van der Waals surface area contributed by atoms with Gasteiger partial charge in [-0.15, -0.1) is 0 Å². The number of benzene rings is 1. The van der Waals surface area contributed by atoms with Crippen LogP contribution in [0.25, 0.3) is 0 Å². The second kappa shape index (κ2) is 6.22. The maximum absolute atomic E-state index is 13.7. The maximum atomic E-state index is 13.7. The molecule has 0 radical (unpaired) electrons. The molecular formula is C14H15ClFNO3. The molecule has 0 aliphatic carbocycles. The zero-order valence-corrected chi connectivity index (χ0v) is 11.6. The molecule has 1 N–H and O–H groups in total. The van der Waals surface area contributed by atoms with Gasteiger partial charge in [-0.3, -0.25) is 9.59 Å². The number of amides is 1. The molecule has 1 heterocycles. The van der Waals surface area contributed by atoms with Gasteiger partial charge in [-0.05, 0) is 30.9 Å². The third-order valence-corrected chi connectivity index (χ3v) is 3.86. The Morgan fingerprint density at radius 1 is 1.35 bits per heavy atom. The number of carbonyl (C=O) groups excluding carboxylic acids is 1. The largest absolute Gasteiger partial charge is 0.481 e. The summed E-state index contributed by atoms with van der Waals surface area (Å²) in [6.07, 6.45) is 1.34. The lowest BCUT2D eigenvalue weighted by atomic mass is 9.93. The van der Waals surface area contributed by atoms with Crippen molar-refractivity contribution in [2.75, 3.05) is 13.1 Å². The number of nitrogens with zero attached hydrogens (tertiary/aromatic N) is 1. The first-order valence-electron chi connectivity index (χ1n) is 6.44. The Bertz CT molecular complexity index is 507. The van der Waals surface area contributed by atoms with Crippen molar-refractivity contribution in [2.45, 2.75) is 19.3 Å². The van der Waals surface area contributed by atoms with Crippen molar-refractivity contribution in [1.82, 2.24) is 4.90 Å². The van der Waals surface area contributed by atoms with E-state index in [1.807, 2.05) is 0 Å². The summed E-state index contributed by atoms with van der Waals surface area (Å²) in [7, 11) is 0. The van der Waals surface area contributed by atoms with Gasteiger partial charge >= 0.3 is 5.97 Å². The van der Waals surface area contributed by atoms with Crippen molar-refractivity contribution >= 4 is 23.5 Å². The van der Waals surface area contributed by atoms with E-state index >= 15 is 0 Å². The molecule has 0 bridgehead atoms. The molecule has 0 aromatic heterocycles. The van der Waals surface area contributed by atoms with Crippen LogP contribution in [0.1, 0.15) is 29.6 Å². The Kier molecular flexibility index (Phi) is 4.60. The van der Waals surface area contributed by atoms with E-state index in [4.69, 9.17) is 16.7 Å². The number of hydrogen-bond donors (Lipinski definition) is 1. The molecule has 0 saturated carbocycles. The van der Waals surface area contributed by atoms with Gasteiger partial charge in [0.2, 0.25) is 0 Å². The van der Waals surface area contributed by atoms with Crippen LogP contribution in [0.5, 0.6) is 0 Å². The zero-order valence-electron chi connectivity index (χ0n) is 10.8. The number of rotatable bonds is 3. The fourth-order valence-electron chi connectivity index (χ4n) is 2.45. The number of carbonyl (C=O) groups is 2. The van der Waals surface area contributed by atoms with Gasteiger partial charge in [-0.25, -0.2) is 4.39 Å². The van der Waals surface area contributed by atoms with Gasteiger partial charge < -0.3 is 10.0 Å². The summed E-state index contributed by atoms with van der Waals surface area (Å²) in [5, 5.41) is 8.84. The standard InChI is InChI=1S/C14H15ClFNO3/c15-10-2-1-3-11(16)13(10)14(20)17-6-4-9(5-7-17)8-12(18)19/h1-3,9H,4-8H2,(H,18,19). The minimum atomic E-state index is -0.827. The van der Waals surface area contributed by atoms with Crippen molar-refractivity contribution < 1.29 is 19.1 Å². The molecule has 0 unspecified atom stereocenters. The highest BCUT2D eigenvalue weighted by molar-refractivity contribution is 6.33. The van der Waals surface area contributed by atoms with Crippen LogP contribution in [0.4, 0.5) is 4.39 Å². The van der Waals surface area contributed by atoms with Crippen LogP contribution in [0.2, 0.25) is 5.02 Å². The summed E-state index contributed by atoms with van der Waals surface area (Å²) in [4.78, 5) is 24.4. The normalized spacial score (nSPS) is 16.2. The fourth-order valence-corrected chi connectivity index (χ4v) is 2.69. The lowest BCUT2D eigenvalue weighted by Gasteiger charge is -2.31. The number of carboxylic acids is 1. The summed E-state index contributed by atoms with van der Waals surface area (Å²) < 4.78 is 13.7. The van der Waals surface area contributed by atoms with Crippen LogP contribution in [0.15, 0.2) is 18.2 Å². The lowest BCUT2D eigenvalue weighted by Crippen LogP contribution is -2.39. The van der Waals surface area contributed by atoms with E-state index in [2.05, 4.69) is 0 Å². The predicted octanol–water partition coefficient (Wildman–Crippen LogP) is 2.81. The van der Waals surface area contributed by atoms with Crippen LogP contribution in [-0.2, 0) is 4.79 Å². The quantitative estimate of drug-likeness (QED) is 0.933. The first-order chi connectivity index (χ1) is 9.49. The average Bonchev–Trinajstić information content (AvgIpc) is 2.38. The first kappa shape index (κ1) is 14.8. The maximum Gasteiger partial charge on any atom is 0.303 e. The molecule has 0 spiro atoms. The topological polar surface area (TPSA) is 57.6 Å². The van der Waals surface area contributed by atoms with Crippen molar-refractivity contribution in [3.63, 3.8) is 0 Å². The van der Waals surface area contributed by atoms with Gasteiger partial charge in [0.05, 0.1) is 10.6 Å². The third-order valence-electron chi connectivity index (χ3n) is 3.54. The number of likely N-dealkylation sites (tertiary alicyclic amines) is 1. The molecule has 1 saturated heterocycles. The molecule has 0 atom stereocenters. The van der Waals surface area contributed by atoms with Crippen molar-refractivity contribution in [2.24, 2.45) is 5.92 Å². The first-order valence-corrected chi connectivity index (χ1v) is 6.82. The Morgan fingerprint density at radius 3 is 2.55 bits per heavy atom. The van der Waals surface area contributed by atoms with Gasteiger partial charge in [0.1, 0.15) is 5.82 Å².